The fraction of sp³-hybridized carbons (Fsp3) is 0.250. The molecule has 3 aromatic carbocycles. The molecule has 204 valence electrons. The van der Waals surface area contributed by atoms with E-state index in [-0.39, 0.29) is 31.1 Å². The van der Waals surface area contributed by atoms with Crippen LogP contribution in [0.25, 0.3) is 0 Å². The van der Waals surface area contributed by atoms with E-state index in [1.54, 1.807) is 31.4 Å². The van der Waals surface area contributed by atoms with Gasteiger partial charge in [0.1, 0.15) is 11.8 Å². The van der Waals surface area contributed by atoms with Crippen molar-refractivity contribution < 1.29 is 19.4 Å². The second-order valence-corrected chi connectivity index (χ2v) is 8.93. The van der Waals surface area contributed by atoms with E-state index in [1.807, 2.05) is 60.7 Å². The van der Waals surface area contributed by atoms with Crippen molar-refractivity contribution in [2.45, 2.75) is 37.4 Å². The fourth-order valence-electron chi connectivity index (χ4n) is 4.31. The van der Waals surface area contributed by atoms with Gasteiger partial charge in [-0.25, -0.2) is 10.1 Å². The Kier molecular flexibility index (Phi) is 10.1. The lowest BCUT2D eigenvalue weighted by atomic mass is 9.89. The summed E-state index contributed by atoms with van der Waals surface area (Å²) in [5, 5.41) is 12.8. The van der Waals surface area contributed by atoms with Gasteiger partial charge >= 0.3 is 0 Å². The van der Waals surface area contributed by atoms with Crippen molar-refractivity contribution in [2.24, 2.45) is 22.3 Å². The Morgan fingerprint density at radius 1 is 0.923 bits per heavy atom. The van der Waals surface area contributed by atoms with Crippen LogP contribution in [0.4, 0.5) is 0 Å². The maximum atomic E-state index is 14.4. The molecule has 3 rings (SSSR count). The number of methoxy groups -OCH3 is 1. The van der Waals surface area contributed by atoms with Gasteiger partial charge < -0.3 is 26.8 Å². The molecular weight excluding hydrogens is 500 g/mol. The summed E-state index contributed by atoms with van der Waals surface area (Å²) < 4.78 is 5.24. The van der Waals surface area contributed by atoms with Crippen LogP contribution in [-0.4, -0.2) is 46.8 Å². The van der Waals surface area contributed by atoms with E-state index in [1.165, 1.54) is 4.90 Å². The summed E-state index contributed by atoms with van der Waals surface area (Å²) in [4.78, 5) is 39.3. The number of hydrazone groups is 1. The number of carbonyl (C=O) groups excluding carboxylic acids is 2. The number of carbonyl (C=O) groups is 2. The first-order valence-corrected chi connectivity index (χ1v) is 12.3. The Morgan fingerprint density at radius 3 is 1.92 bits per heavy atom. The van der Waals surface area contributed by atoms with Crippen LogP contribution in [0.5, 0.6) is 5.75 Å². The molecule has 3 aromatic rings. The fourth-order valence-corrected chi connectivity index (χ4v) is 4.31. The van der Waals surface area contributed by atoms with Crippen molar-refractivity contribution in [2.75, 3.05) is 7.11 Å². The lowest BCUT2D eigenvalue weighted by Crippen LogP contribution is -2.50. The molecule has 0 aliphatic heterocycles. The Labute approximate surface area is 226 Å². The highest BCUT2D eigenvalue weighted by Gasteiger charge is 2.35. The number of hydrogen-bond donors (Lipinski definition) is 3. The quantitative estimate of drug-likeness (QED) is 0.131. The van der Waals surface area contributed by atoms with Gasteiger partial charge in [0.25, 0.3) is 0 Å². The third-order valence-corrected chi connectivity index (χ3v) is 6.34. The van der Waals surface area contributed by atoms with Crippen LogP contribution in [0.15, 0.2) is 90.0 Å². The van der Waals surface area contributed by atoms with Crippen molar-refractivity contribution >= 4 is 17.6 Å². The zero-order valence-electron chi connectivity index (χ0n) is 21.6. The monoisotopic (exact) mass is 532 g/mol. The molecule has 2 amide bonds. The number of rotatable bonds is 13. The molecule has 0 bridgehead atoms. The predicted octanol–water partition coefficient (Wildman–Crippen LogP) is 2.37. The topological polar surface area (TPSA) is 180 Å². The van der Waals surface area contributed by atoms with Gasteiger partial charge in [-0.05, 0) is 41.7 Å². The summed E-state index contributed by atoms with van der Waals surface area (Å²) in [6, 6.07) is 23.5. The number of ether oxygens (including phenoxy) is 1. The lowest BCUT2D eigenvalue weighted by molar-refractivity contribution is -0.485. The molecule has 6 N–H and O–H groups in total. The van der Waals surface area contributed by atoms with Crippen LogP contribution in [0.2, 0.25) is 0 Å². The summed E-state index contributed by atoms with van der Waals surface area (Å²) in [7, 11) is 1.55. The molecule has 1 unspecified atom stereocenters. The van der Waals surface area contributed by atoms with Gasteiger partial charge in [0.05, 0.1) is 24.2 Å². The predicted molar refractivity (Wildman–Crippen MR) is 147 cm³/mol. The van der Waals surface area contributed by atoms with E-state index >= 15 is 0 Å². The second kappa shape index (κ2) is 13.7. The number of nitrogens with two attached hydrogens (primary N) is 3. The van der Waals surface area contributed by atoms with Gasteiger partial charge in [-0.2, -0.15) is 0 Å². The highest BCUT2D eigenvalue weighted by atomic mass is 16.7. The summed E-state index contributed by atoms with van der Waals surface area (Å²) >= 11 is 0. The third kappa shape index (κ3) is 7.86. The smallest absolute Gasteiger partial charge is 0.240 e. The molecule has 11 heteroatoms. The first-order chi connectivity index (χ1) is 18.7. The number of primary amides is 1. The molecule has 0 saturated carbocycles. The van der Waals surface area contributed by atoms with Crippen LogP contribution in [0, 0.1) is 10.1 Å². The molecule has 0 aromatic heterocycles. The zero-order chi connectivity index (χ0) is 28.4. The standard InChI is InChI=1S/C28H32N6O5/c1-39-22-14-12-19(13-15-22)18-33(24(27(31)35)17-16-23(29)26(30)32-34(37)38)28(36)25(20-8-4-2-5-9-20)21-10-6-3-7-11-21/h2-15,23-25H,16-18,29H2,1H3,(H2,30,32)(H2,31,35)/t23?,24-/m0/s1. The molecule has 0 saturated heterocycles. The average molecular weight is 533 g/mol. The van der Waals surface area contributed by atoms with E-state index in [2.05, 4.69) is 5.10 Å². The summed E-state index contributed by atoms with van der Waals surface area (Å²) in [5.41, 5.74) is 19.7. The van der Waals surface area contributed by atoms with Gasteiger partial charge in [-0.15, -0.1) is 0 Å². The van der Waals surface area contributed by atoms with Crippen LogP contribution < -0.4 is 21.9 Å². The maximum absolute atomic E-state index is 14.4. The zero-order valence-corrected chi connectivity index (χ0v) is 21.6. The van der Waals surface area contributed by atoms with Crippen LogP contribution in [-0.2, 0) is 16.1 Å². The molecule has 0 aliphatic carbocycles. The van der Waals surface area contributed by atoms with E-state index in [0.29, 0.717) is 5.75 Å². The summed E-state index contributed by atoms with van der Waals surface area (Å²) in [6.07, 6.45) is 0.0488. The number of hydrogen-bond acceptors (Lipinski definition) is 6. The highest BCUT2D eigenvalue weighted by Crippen LogP contribution is 2.29. The van der Waals surface area contributed by atoms with Gasteiger partial charge in [0, 0.05) is 6.54 Å². The van der Waals surface area contributed by atoms with Gasteiger partial charge in [0.15, 0.2) is 10.9 Å². The first-order valence-electron chi connectivity index (χ1n) is 12.3. The van der Waals surface area contributed by atoms with Crippen molar-refractivity contribution in [1.29, 1.82) is 0 Å². The average Bonchev–Trinajstić information content (AvgIpc) is 2.93. The number of benzene rings is 3. The third-order valence-electron chi connectivity index (χ3n) is 6.34. The van der Waals surface area contributed by atoms with Crippen molar-refractivity contribution in [3.8, 4) is 5.75 Å². The van der Waals surface area contributed by atoms with E-state index in [4.69, 9.17) is 21.9 Å². The molecule has 0 radical (unpaired) electrons. The highest BCUT2D eigenvalue weighted by molar-refractivity contribution is 5.92. The van der Waals surface area contributed by atoms with Crippen LogP contribution in [0.1, 0.15) is 35.4 Å². The Morgan fingerprint density at radius 2 is 1.46 bits per heavy atom. The Balaban J connectivity index is 2.03. The normalized spacial score (nSPS) is 12.9. The number of amides is 2. The van der Waals surface area contributed by atoms with Crippen LogP contribution >= 0.6 is 0 Å². The second-order valence-electron chi connectivity index (χ2n) is 8.93. The Hall–Kier alpha value is -4.77. The van der Waals surface area contributed by atoms with Crippen LogP contribution in [0.3, 0.4) is 0 Å². The van der Waals surface area contributed by atoms with E-state index < -0.39 is 28.9 Å². The van der Waals surface area contributed by atoms with Gasteiger partial charge in [-0.1, -0.05) is 72.8 Å². The first kappa shape index (κ1) is 28.8. The molecule has 0 heterocycles. The summed E-state index contributed by atoms with van der Waals surface area (Å²) in [5.74, 6) is -1.55. The van der Waals surface area contributed by atoms with Crippen molar-refractivity contribution in [3.63, 3.8) is 0 Å². The minimum atomic E-state index is -1.08. The minimum Gasteiger partial charge on any atom is -0.497 e. The molecule has 2 atom stereocenters. The number of nitrogens with zero attached hydrogens (tertiary/aromatic N) is 3. The SMILES string of the molecule is COc1ccc(CN(C(=O)C(c2ccccc2)c2ccccc2)[C@@H](CCC(N)C(N)=N[N+](=O)[O-])C(N)=O)cc1. The van der Waals surface area contributed by atoms with E-state index in [0.717, 1.165) is 16.7 Å². The Bertz CT molecular complexity index is 1250. The molecule has 0 aliphatic rings. The molecule has 0 fully saturated rings. The molecule has 39 heavy (non-hydrogen) atoms. The molecule has 11 nitrogen and oxygen atoms in total. The number of amidine groups is 1. The largest absolute Gasteiger partial charge is 0.497 e. The van der Waals surface area contributed by atoms with Gasteiger partial charge in [-0.3, -0.25) is 9.59 Å². The van der Waals surface area contributed by atoms with Gasteiger partial charge in [0.2, 0.25) is 11.8 Å². The van der Waals surface area contributed by atoms with Crippen molar-refractivity contribution in [3.05, 3.63) is 112 Å². The number of nitro groups is 1. The van der Waals surface area contributed by atoms with Crippen molar-refractivity contribution in [1.82, 2.24) is 4.90 Å². The molecule has 0 spiro atoms. The molecular formula is C28H32N6O5. The van der Waals surface area contributed by atoms with E-state index in [9.17, 15) is 19.7 Å². The lowest BCUT2D eigenvalue weighted by Gasteiger charge is -2.34. The summed E-state index contributed by atoms with van der Waals surface area (Å²) in [6.45, 7) is 0.0698. The maximum Gasteiger partial charge on any atom is 0.240 e. The minimum absolute atomic E-state index is 0.0165.